The van der Waals surface area contributed by atoms with Gasteiger partial charge in [-0.3, -0.25) is 14.4 Å². The highest BCUT2D eigenvalue weighted by Crippen LogP contribution is 2.46. The van der Waals surface area contributed by atoms with E-state index in [0.717, 1.165) is 19.5 Å². The average Bonchev–Trinajstić information content (AvgIpc) is 3.37. The van der Waals surface area contributed by atoms with E-state index in [2.05, 4.69) is 68.7 Å². The smallest absolute Gasteiger partial charge is 0.267 e. The van der Waals surface area contributed by atoms with E-state index in [-0.39, 0.29) is 11.5 Å². The molecule has 5 rings (SSSR count). The van der Waals surface area contributed by atoms with Crippen molar-refractivity contribution in [2.24, 2.45) is 0 Å². The normalized spacial score (nSPS) is 13.1. The zero-order valence-electron chi connectivity index (χ0n) is 17.1. The number of imide groups is 1. The number of Topliss-reactive ketones (excluding diaryl/α,β-unsaturated/α-hetero) is 1. The standard InChI is InChI=1S/C23H9Br4ClN2O3S2/c24-17-15-16(18(25)20(27)19(17)26)22(33)30(21(15)32)11-5-6-12-14(7-11)35-23(29-12)34-8-13(31)9-1-3-10(28)4-2-9/h1-7H,8H2. The molecule has 2 amide bonds. The Hall–Kier alpha value is -1.08. The SMILES string of the molecule is O=C(CSc1nc2ccc(N3C(=O)c4c(Br)c(Br)c(Br)c(Br)c4C3=O)cc2s1)c1ccc(Cl)cc1. The molecule has 1 aliphatic heterocycles. The number of ketones is 1. The van der Waals surface area contributed by atoms with Crippen molar-refractivity contribution >= 4 is 132 Å². The van der Waals surface area contributed by atoms with Gasteiger partial charge < -0.3 is 0 Å². The van der Waals surface area contributed by atoms with E-state index in [1.54, 1.807) is 42.5 Å². The lowest BCUT2D eigenvalue weighted by molar-refractivity contribution is 0.0924. The van der Waals surface area contributed by atoms with Gasteiger partial charge in [-0.1, -0.05) is 23.4 Å². The summed E-state index contributed by atoms with van der Waals surface area (Å²) in [5.41, 5.74) is 2.35. The van der Waals surface area contributed by atoms with Gasteiger partial charge in [-0.25, -0.2) is 9.88 Å². The Morgan fingerprint density at radius 1 is 0.914 bits per heavy atom. The average molecular weight is 781 g/mol. The minimum Gasteiger partial charge on any atom is -0.293 e. The van der Waals surface area contributed by atoms with Gasteiger partial charge in [0.1, 0.15) is 0 Å². The van der Waals surface area contributed by atoms with Crippen LogP contribution in [0.5, 0.6) is 0 Å². The fourth-order valence-electron chi connectivity index (χ4n) is 3.52. The molecule has 0 bridgehead atoms. The molecule has 4 aromatic rings. The second-order valence-electron chi connectivity index (χ2n) is 7.30. The van der Waals surface area contributed by atoms with Crippen LogP contribution in [0.2, 0.25) is 5.02 Å². The van der Waals surface area contributed by atoms with Gasteiger partial charge in [-0.2, -0.15) is 0 Å². The Balaban J connectivity index is 1.41. The van der Waals surface area contributed by atoms with Crippen molar-refractivity contribution in [3.63, 3.8) is 0 Å². The number of hydrogen-bond donors (Lipinski definition) is 0. The van der Waals surface area contributed by atoms with Gasteiger partial charge >= 0.3 is 0 Å². The van der Waals surface area contributed by atoms with Crippen LogP contribution >= 0.6 is 98.4 Å². The van der Waals surface area contributed by atoms with Crippen molar-refractivity contribution in [1.82, 2.24) is 4.98 Å². The molecule has 5 nitrogen and oxygen atoms in total. The Morgan fingerprint density at radius 3 is 2.11 bits per heavy atom. The molecule has 0 fully saturated rings. The third kappa shape index (κ3) is 4.58. The van der Waals surface area contributed by atoms with Crippen LogP contribution in [0, 0.1) is 0 Å². The van der Waals surface area contributed by atoms with Gasteiger partial charge in [-0.05, 0) is 106 Å². The lowest BCUT2D eigenvalue weighted by Crippen LogP contribution is -2.29. The van der Waals surface area contributed by atoms with Crippen molar-refractivity contribution in [3.8, 4) is 0 Å². The topological polar surface area (TPSA) is 67.3 Å². The molecule has 0 saturated carbocycles. The van der Waals surface area contributed by atoms with Gasteiger partial charge in [0.05, 0.1) is 32.8 Å². The molecule has 1 aliphatic rings. The van der Waals surface area contributed by atoms with Gasteiger partial charge in [-0.15, -0.1) is 11.3 Å². The first-order valence-corrected chi connectivity index (χ1v) is 15.1. The number of nitrogens with zero attached hydrogens (tertiary/aromatic N) is 2. The van der Waals surface area contributed by atoms with Crippen molar-refractivity contribution in [2.75, 3.05) is 10.7 Å². The second-order valence-corrected chi connectivity index (χ2v) is 13.2. The summed E-state index contributed by atoms with van der Waals surface area (Å²) in [6.07, 6.45) is 0. The maximum atomic E-state index is 13.3. The van der Waals surface area contributed by atoms with Gasteiger partial charge in [0.2, 0.25) is 0 Å². The number of carbonyl (C=O) groups is 3. The summed E-state index contributed by atoms with van der Waals surface area (Å²) in [6.45, 7) is 0. The number of fused-ring (bicyclic) bond motifs is 2. The zero-order valence-corrected chi connectivity index (χ0v) is 25.8. The van der Waals surface area contributed by atoms with Crippen molar-refractivity contribution in [1.29, 1.82) is 0 Å². The van der Waals surface area contributed by atoms with Gasteiger partial charge in [0, 0.05) is 28.5 Å². The highest BCUT2D eigenvalue weighted by Gasteiger charge is 2.42. The van der Waals surface area contributed by atoms with Crippen LogP contribution in [0.15, 0.2) is 64.7 Å². The predicted molar refractivity (Wildman–Crippen MR) is 155 cm³/mol. The van der Waals surface area contributed by atoms with Crippen molar-refractivity contribution in [3.05, 3.63) is 82.1 Å². The molecule has 0 unspecified atom stereocenters. The number of amides is 2. The quantitative estimate of drug-likeness (QED) is 0.0667. The summed E-state index contributed by atoms with van der Waals surface area (Å²) in [4.78, 5) is 44.8. The molecule has 0 atom stereocenters. The molecule has 2 heterocycles. The van der Waals surface area contributed by atoms with E-state index < -0.39 is 11.8 Å². The summed E-state index contributed by atoms with van der Waals surface area (Å²) < 4.78 is 3.82. The minimum absolute atomic E-state index is 0.0221. The number of thiazole rings is 1. The third-order valence-electron chi connectivity index (χ3n) is 5.20. The Morgan fingerprint density at radius 2 is 1.51 bits per heavy atom. The van der Waals surface area contributed by atoms with Crippen molar-refractivity contribution < 1.29 is 14.4 Å². The summed E-state index contributed by atoms with van der Waals surface area (Å²) in [5, 5.41) is 0.578. The van der Waals surface area contributed by atoms with Crippen LogP contribution in [0.4, 0.5) is 5.69 Å². The fraction of sp³-hybridized carbons (Fsp3) is 0.0435. The molecule has 0 saturated heterocycles. The largest absolute Gasteiger partial charge is 0.293 e. The Kier molecular flexibility index (Phi) is 7.30. The first-order valence-electron chi connectivity index (χ1n) is 9.74. The predicted octanol–water partition coefficient (Wildman–Crippen LogP) is 8.78. The Labute approximate surface area is 246 Å². The number of anilines is 1. The summed E-state index contributed by atoms with van der Waals surface area (Å²) >= 11 is 22.4. The lowest BCUT2D eigenvalue weighted by atomic mass is 10.1. The lowest BCUT2D eigenvalue weighted by Gasteiger charge is -2.13. The number of aromatic nitrogens is 1. The molecular formula is C23H9Br4ClN2O3S2. The van der Waals surface area contributed by atoms with E-state index in [4.69, 9.17) is 11.6 Å². The van der Waals surface area contributed by atoms with E-state index >= 15 is 0 Å². The molecule has 35 heavy (non-hydrogen) atoms. The van der Waals surface area contributed by atoms with E-state index in [1.165, 1.54) is 23.1 Å². The van der Waals surface area contributed by atoms with E-state index in [9.17, 15) is 14.4 Å². The van der Waals surface area contributed by atoms with Gasteiger partial charge in [0.15, 0.2) is 10.1 Å². The van der Waals surface area contributed by atoms with Gasteiger partial charge in [0.25, 0.3) is 11.8 Å². The molecule has 0 N–H and O–H groups in total. The van der Waals surface area contributed by atoms with E-state index in [0.29, 0.717) is 45.3 Å². The second kappa shape index (κ2) is 10.00. The highest BCUT2D eigenvalue weighted by atomic mass is 79.9. The fourth-order valence-corrected chi connectivity index (χ4v) is 8.10. The number of halogens is 5. The molecule has 0 spiro atoms. The maximum Gasteiger partial charge on any atom is 0.267 e. The maximum absolute atomic E-state index is 13.3. The van der Waals surface area contributed by atoms with Crippen LogP contribution < -0.4 is 4.90 Å². The van der Waals surface area contributed by atoms with Crippen LogP contribution in [0.25, 0.3) is 10.2 Å². The number of carbonyl (C=O) groups excluding carboxylic acids is 3. The summed E-state index contributed by atoms with van der Waals surface area (Å²) in [5.74, 6) is -0.625. The molecule has 3 aromatic carbocycles. The highest BCUT2D eigenvalue weighted by molar-refractivity contribution is 9.15. The first kappa shape index (κ1) is 25.6. The minimum atomic E-state index is -0.419. The Bertz CT molecular complexity index is 1530. The molecule has 176 valence electrons. The van der Waals surface area contributed by atoms with Crippen molar-refractivity contribution in [2.45, 2.75) is 4.34 Å². The third-order valence-corrected chi connectivity index (χ3v) is 12.4. The molecule has 0 radical (unpaired) electrons. The summed E-state index contributed by atoms with van der Waals surface area (Å²) in [7, 11) is 0. The van der Waals surface area contributed by atoms with Crippen LogP contribution in [0.3, 0.4) is 0 Å². The first-order chi connectivity index (χ1) is 16.7. The molecule has 0 aliphatic carbocycles. The zero-order chi connectivity index (χ0) is 25.0. The molecule has 12 heteroatoms. The molecular weight excluding hydrogens is 771 g/mol. The number of benzene rings is 3. The van der Waals surface area contributed by atoms with Crippen LogP contribution in [0.1, 0.15) is 31.1 Å². The summed E-state index contributed by atoms with van der Waals surface area (Å²) in [6, 6.07) is 12.0. The molecule has 1 aromatic heterocycles. The number of hydrogen-bond acceptors (Lipinski definition) is 6. The number of rotatable bonds is 5. The number of thioether (sulfide) groups is 1. The van der Waals surface area contributed by atoms with E-state index in [1.807, 2.05) is 0 Å². The monoisotopic (exact) mass is 776 g/mol. The van der Waals surface area contributed by atoms with Crippen LogP contribution in [-0.4, -0.2) is 28.3 Å². The van der Waals surface area contributed by atoms with Crippen LogP contribution in [-0.2, 0) is 0 Å².